The lowest BCUT2D eigenvalue weighted by molar-refractivity contribution is -0.129. The standard InChI is InChI=1S/C14H15N3O4S/c1-8-5-17(3)10(4-12(8)18)6-21-16-13(14(19)20)11-7-22-9(2)15-11/h4-5,7H,6H2,1-3H3,(H,19,20)/b16-13-. The van der Waals surface area contributed by atoms with Gasteiger partial charge in [-0.2, -0.15) is 0 Å². The predicted octanol–water partition coefficient (Wildman–Crippen LogP) is 1.46. The summed E-state index contributed by atoms with van der Waals surface area (Å²) in [4.78, 5) is 32.0. The Bertz CT molecular complexity index is 792. The number of aryl methyl sites for hydroxylation is 3. The molecular formula is C14H15N3O4S. The maximum absolute atomic E-state index is 11.6. The highest BCUT2D eigenvalue weighted by atomic mass is 32.1. The van der Waals surface area contributed by atoms with Crippen molar-refractivity contribution in [1.82, 2.24) is 9.55 Å². The Labute approximate surface area is 130 Å². The van der Waals surface area contributed by atoms with E-state index in [-0.39, 0.29) is 23.4 Å². The van der Waals surface area contributed by atoms with E-state index in [1.165, 1.54) is 17.4 Å². The van der Waals surface area contributed by atoms with Crippen molar-refractivity contribution in [3.8, 4) is 0 Å². The summed E-state index contributed by atoms with van der Waals surface area (Å²) in [6.45, 7) is 3.49. The number of thiazole rings is 1. The van der Waals surface area contributed by atoms with Crippen molar-refractivity contribution in [3.63, 3.8) is 0 Å². The molecule has 0 aliphatic carbocycles. The van der Waals surface area contributed by atoms with Crippen LogP contribution in [0.25, 0.3) is 0 Å². The van der Waals surface area contributed by atoms with E-state index in [0.29, 0.717) is 11.3 Å². The molecule has 0 saturated carbocycles. The molecule has 0 spiro atoms. The quantitative estimate of drug-likeness (QED) is 0.665. The van der Waals surface area contributed by atoms with Gasteiger partial charge in [-0.3, -0.25) is 4.79 Å². The number of pyridine rings is 1. The van der Waals surface area contributed by atoms with Crippen LogP contribution < -0.4 is 5.43 Å². The number of hydrogen-bond donors (Lipinski definition) is 1. The summed E-state index contributed by atoms with van der Waals surface area (Å²) in [6, 6.07) is 1.44. The largest absolute Gasteiger partial charge is 0.476 e. The molecule has 1 N–H and O–H groups in total. The van der Waals surface area contributed by atoms with Crippen LogP contribution in [0.1, 0.15) is 22.0 Å². The van der Waals surface area contributed by atoms with Crippen LogP contribution in [0.15, 0.2) is 27.6 Å². The Balaban J connectivity index is 2.18. The van der Waals surface area contributed by atoms with Crippen LogP contribution in [0.4, 0.5) is 0 Å². The van der Waals surface area contributed by atoms with Crippen LogP contribution in [0.5, 0.6) is 0 Å². The Morgan fingerprint density at radius 2 is 2.23 bits per heavy atom. The molecular weight excluding hydrogens is 306 g/mol. The molecule has 0 fully saturated rings. The Morgan fingerprint density at radius 3 is 2.82 bits per heavy atom. The van der Waals surface area contributed by atoms with Gasteiger partial charge < -0.3 is 14.5 Å². The van der Waals surface area contributed by atoms with E-state index < -0.39 is 5.97 Å². The molecule has 2 heterocycles. The van der Waals surface area contributed by atoms with Crippen molar-refractivity contribution in [3.05, 3.63) is 49.8 Å². The first-order valence-electron chi connectivity index (χ1n) is 6.40. The normalized spacial score (nSPS) is 11.5. The molecule has 0 radical (unpaired) electrons. The van der Waals surface area contributed by atoms with Crippen LogP contribution in [0, 0.1) is 13.8 Å². The zero-order chi connectivity index (χ0) is 16.3. The molecule has 116 valence electrons. The number of nitrogens with zero attached hydrogens (tertiary/aromatic N) is 3. The van der Waals surface area contributed by atoms with Crippen molar-refractivity contribution < 1.29 is 14.7 Å². The van der Waals surface area contributed by atoms with Crippen molar-refractivity contribution in [2.24, 2.45) is 12.2 Å². The van der Waals surface area contributed by atoms with Crippen LogP contribution >= 0.6 is 11.3 Å². The topological polar surface area (TPSA) is 93.8 Å². The zero-order valence-electron chi connectivity index (χ0n) is 12.4. The molecule has 0 amide bonds. The third kappa shape index (κ3) is 3.59. The highest BCUT2D eigenvalue weighted by molar-refractivity contribution is 7.09. The minimum Gasteiger partial charge on any atom is -0.476 e. The van der Waals surface area contributed by atoms with E-state index in [2.05, 4.69) is 10.1 Å². The number of carboxylic acid groups (broad SMARTS) is 1. The van der Waals surface area contributed by atoms with Gasteiger partial charge in [0.1, 0.15) is 5.69 Å². The molecule has 0 unspecified atom stereocenters. The number of aromatic nitrogens is 2. The molecule has 2 aromatic rings. The van der Waals surface area contributed by atoms with E-state index in [1.807, 2.05) is 0 Å². The third-order valence-electron chi connectivity index (χ3n) is 2.96. The van der Waals surface area contributed by atoms with E-state index in [9.17, 15) is 9.59 Å². The molecule has 22 heavy (non-hydrogen) atoms. The first kappa shape index (κ1) is 15.9. The van der Waals surface area contributed by atoms with Crippen LogP contribution in [0.2, 0.25) is 0 Å². The van der Waals surface area contributed by atoms with Gasteiger partial charge in [0.2, 0.25) is 5.71 Å². The van der Waals surface area contributed by atoms with E-state index >= 15 is 0 Å². The summed E-state index contributed by atoms with van der Waals surface area (Å²) in [5.41, 5.74) is 1.11. The highest BCUT2D eigenvalue weighted by Gasteiger charge is 2.16. The Kier molecular flexibility index (Phi) is 4.71. The van der Waals surface area contributed by atoms with Gasteiger partial charge in [0, 0.05) is 30.3 Å². The number of carbonyl (C=O) groups is 1. The maximum Gasteiger partial charge on any atom is 0.360 e. The number of rotatable bonds is 5. The molecule has 0 atom stereocenters. The summed E-state index contributed by atoms with van der Waals surface area (Å²) in [5, 5.41) is 15.2. The molecule has 8 heteroatoms. The van der Waals surface area contributed by atoms with E-state index in [0.717, 1.165) is 5.01 Å². The monoisotopic (exact) mass is 321 g/mol. The van der Waals surface area contributed by atoms with Crippen molar-refractivity contribution in [2.45, 2.75) is 20.5 Å². The second kappa shape index (κ2) is 6.52. The maximum atomic E-state index is 11.6. The second-order valence-electron chi connectivity index (χ2n) is 4.69. The molecule has 0 aromatic carbocycles. The smallest absolute Gasteiger partial charge is 0.360 e. The summed E-state index contributed by atoms with van der Waals surface area (Å²) in [5.74, 6) is -1.22. The number of aliphatic carboxylic acids is 1. The van der Waals surface area contributed by atoms with Gasteiger partial charge in [0.25, 0.3) is 0 Å². The average Bonchev–Trinajstić information content (AvgIpc) is 2.86. The molecule has 2 aromatic heterocycles. The summed E-state index contributed by atoms with van der Waals surface area (Å²) >= 11 is 1.33. The van der Waals surface area contributed by atoms with Gasteiger partial charge in [-0.25, -0.2) is 9.78 Å². The van der Waals surface area contributed by atoms with E-state index in [4.69, 9.17) is 9.94 Å². The van der Waals surface area contributed by atoms with Crippen molar-refractivity contribution in [1.29, 1.82) is 0 Å². The highest BCUT2D eigenvalue weighted by Crippen LogP contribution is 2.10. The summed E-state index contributed by atoms with van der Waals surface area (Å²) in [6.07, 6.45) is 1.69. The average molecular weight is 321 g/mol. The predicted molar refractivity (Wildman–Crippen MR) is 82.2 cm³/mol. The van der Waals surface area contributed by atoms with Crippen molar-refractivity contribution in [2.75, 3.05) is 0 Å². The summed E-state index contributed by atoms with van der Waals surface area (Å²) < 4.78 is 1.74. The van der Waals surface area contributed by atoms with Gasteiger partial charge in [0.05, 0.1) is 10.7 Å². The van der Waals surface area contributed by atoms with Gasteiger partial charge >= 0.3 is 5.97 Å². The first-order valence-corrected chi connectivity index (χ1v) is 7.28. The fourth-order valence-corrected chi connectivity index (χ4v) is 2.38. The van der Waals surface area contributed by atoms with Crippen LogP contribution in [0.3, 0.4) is 0 Å². The second-order valence-corrected chi connectivity index (χ2v) is 5.76. The number of carboxylic acids is 1. The lowest BCUT2D eigenvalue weighted by Gasteiger charge is -2.08. The fraction of sp³-hybridized carbons (Fsp3) is 0.286. The summed E-state index contributed by atoms with van der Waals surface area (Å²) in [7, 11) is 1.77. The lowest BCUT2D eigenvalue weighted by Crippen LogP contribution is -2.16. The molecule has 7 nitrogen and oxygen atoms in total. The SMILES string of the molecule is Cc1nc(/C(=N/OCc2cc(=O)c(C)cn2C)C(=O)O)cs1. The molecule has 2 rings (SSSR count). The Morgan fingerprint density at radius 1 is 1.50 bits per heavy atom. The van der Waals surface area contributed by atoms with Crippen LogP contribution in [-0.4, -0.2) is 26.3 Å². The molecule has 0 aliphatic rings. The fourth-order valence-electron chi connectivity index (χ4n) is 1.78. The molecule has 0 saturated heterocycles. The van der Waals surface area contributed by atoms with Gasteiger partial charge in [0.15, 0.2) is 12.0 Å². The van der Waals surface area contributed by atoms with Crippen LogP contribution in [-0.2, 0) is 23.3 Å². The lowest BCUT2D eigenvalue weighted by atomic mass is 10.2. The van der Waals surface area contributed by atoms with Gasteiger partial charge in [-0.05, 0) is 13.8 Å². The first-order chi connectivity index (χ1) is 10.4. The van der Waals surface area contributed by atoms with Gasteiger partial charge in [-0.1, -0.05) is 5.16 Å². The zero-order valence-corrected chi connectivity index (χ0v) is 13.2. The number of hydrogen-bond acceptors (Lipinski definition) is 6. The third-order valence-corrected chi connectivity index (χ3v) is 3.73. The molecule has 0 aliphatic heterocycles. The van der Waals surface area contributed by atoms with Crippen molar-refractivity contribution >= 4 is 23.0 Å². The number of oxime groups is 1. The van der Waals surface area contributed by atoms with E-state index in [1.54, 1.807) is 37.0 Å². The molecule has 0 bridgehead atoms. The minimum absolute atomic E-state index is 0.00802. The minimum atomic E-state index is -1.22. The van der Waals surface area contributed by atoms with Gasteiger partial charge in [-0.15, -0.1) is 11.3 Å². The Hall–Kier alpha value is -2.48.